The lowest BCUT2D eigenvalue weighted by Crippen LogP contribution is -2.18. The summed E-state index contributed by atoms with van der Waals surface area (Å²) in [6.07, 6.45) is 6.86. The fourth-order valence-corrected chi connectivity index (χ4v) is 4.51. The quantitative estimate of drug-likeness (QED) is 0.531. The maximum atomic E-state index is 13.3. The number of aromatic hydroxyl groups is 1. The minimum atomic E-state index is -0.150. The Hall–Kier alpha value is -1.83. The molecule has 31 heavy (non-hydrogen) atoms. The van der Waals surface area contributed by atoms with Crippen LogP contribution in [0.1, 0.15) is 105 Å². The Bertz CT molecular complexity index is 897. The van der Waals surface area contributed by atoms with Crippen molar-refractivity contribution < 1.29 is 9.90 Å². The van der Waals surface area contributed by atoms with E-state index >= 15 is 0 Å². The Kier molecular flexibility index (Phi) is 6.10. The number of ketones is 1. The average molecular weight is 423 g/mol. The molecule has 0 amide bonds. The molecule has 0 bridgehead atoms. The first-order valence-electron chi connectivity index (χ1n) is 11.9. The Morgan fingerprint density at radius 1 is 0.903 bits per heavy atom. The van der Waals surface area contributed by atoms with E-state index in [1.807, 2.05) is 0 Å². The van der Waals surface area contributed by atoms with E-state index in [4.69, 9.17) is 0 Å². The molecule has 1 N–H and O–H groups in total. The zero-order chi connectivity index (χ0) is 23.4. The highest BCUT2D eigenvalue weighted by molar-refractivity contribution is 5.98. The first kappa shape index (κ1) is 23.8. The van der Waals surface area contributed by atoms with Gasteiger partial charge in [-0.05, 0) is 70.1 Å². The van der Waals surface area contributed by atoms with Crippen molar-refractivity contribution in [1.82, 2.24) is 0 Å². The zero-order valence-corrected chi connectivity index (χ0v) is 21.2. The van der Waals surface area contributed by atoms with Crippen molar-refractivity contribution in [3.8, 4) is 5.75 Å². The molecule has 0 aliphatic heterocycles. The zero-order valence-electron chi connectivity index (χ0n) is 21.2. The number of Topliss-reactive ketones (excluding diaryl/α,β-unsaturated/α-hetero) is 1. The van der Waals surface area contributed by atoms with Gasteiger partial charge in [-0.1, -0.05) is 86.1 Å². The van der Waals surface area contributed by atoms with Crippen LogP contribution in [0.2, 0.25) is 0 Å². The van der Waals surface area contributed by atoms with E-state index in [1.54, 1.807) is 0 Å². The molecule has 1 aromatic rings. The van der Waals surface area contributed by atoms with E-state index in [9.17, 15) is 9.90 Å². The van der Waals surface area contributed by atoms with Gasteiger partial charge in [-0.15, -0.1) is 0 Å². The molecule has 0 atom stereocenters. The minimum Gasteiger partial charge on any atom is -0.507 e. The van der Waals surface area contributed by atoms with Gasteiger partial charge in [0.2, 0.25) is 0 Å². The number of phenolic OH excluding ortho intramolecular Hbond substituents is 1. The molecule has 3 rings (SSSR count). The fourth-order valence-electron chi connectivity index (χ4n) is 4.51. The van der Waals surface area contributed by atoms with E-state index in [1.165, 1.54) is 24.0 Å². The Morgan fingerprint density at radius 3 is 1.84 bits per heavy atom. The van der Waals surface area contributed by atoms with E-state index in [2.05, 4.69) is 80.5 Å². The van der Waals surface area contributed by atoms with Crippen molar-refractivity contribution in [2.24, 2.45) is 11.3 Å². The highest BCUT2D eigenvalue weighted by Gasteiger charge is 2.35. The van der Waals surface area contributed by atoms with Gasteiger partial charge in [0, 0.05) is 12.0 Å². The molecular formula is C29H42O2. The molecule has 0 aromatic heterocycles. The van der Waals surface area contributed by atoms with Crippen LogP contribution >= 0.6 is 0 Å². The fraction of sp³-hybridized carbons (Fsp3) is 0.621. The molecule has 2 aliphatic rings. The summed E-state index contributed by atoms with van der Waals surface area (Å²) in [5, 5.41) is 11.0. The Balaban J connectivity index is 1.84. The van der Waals surface area contributed by atoms with Gasteiger partial charge in [0.05, 0.1) is 0 Å². The molecular weight excluding hydrogens is 380 g/mol. The number of hydrogen-bond donors (Lipinski definition) is 1. The van der Waals surface area contributed by atoms with Gasteiger partial charge < -0.3 is 5.11 Å². The molecule has 2 heteroatoms. The first-order valence-corrected chi connectivity index (χ1v) is 11.9. The summed E-state index contributed by atoms with van der Waals surface area (Å²) in [6.45, 7) is 19.5. The largest absolute Gasteiger partial charge is 0.507 e. The molecule has 0 heterocycles. The number of allylic oxidation sites excluding steroid dienone is 4. The SMILES string of the molecule is CC(C)(C)C1=CC(C2CC2)=C(C(=O)CCc2cc(C(C)(C)C)c(O)c(C(C)(C)C)c2)C1. The smallest absolute Gasteiger partial charge is 0.159 e. The highest BCUT2D eigenvalue weighted by Crippen LogP contribution is 2.47. The Morgan fingerprint density at radius 2 is 1.42 bits per heavy atom. The number of carbonyl (C=O) groups excluding carboxylic acids is 1. The van der Waals surface area contributed by atoms with E-state index in [0.717, 1.165) is 35.1 Å². The van der Waals surface area contributed by atoms with Crippen LogP contribution in [0.25, 0.3) is 0 Å². The summed E-state index contributed by atoms with van der Waals surface area (Å²) in [5.74, 6) is 1.32. The second kappa shape index (κ2) is 7.94. The molecule has 2 aliphatic carbocycles. The lowest BCUT2D eigenvalue weighted by molar-refractivity contribution is -0.115. The van der Waals surface area contributed by atoms with Crippen LogP contribution in [-0.2, 0) is 22.0 Å². The lowest BCUT2D eigenvalue weighted by Gasteiger charge is -2.28. The second-order valence-electron chi connectivity index (χ2n) is 12.8. The van der Waals surface area contributed by atoms with Crippen LogP contribution in [0.5, 0.6) is 5.75 Å². The molecule has 0 radical (unpaired) electrons. The standard InChI is InChI=1S/C29H42O2/c1-27(2,3)20-16-21(19-11-12-19)22(17-20)25(30)13-10-18-14-23(28(4,5)6)26(31)24(15-18)29(7,8)9/h14-16,19,31H,10-13,17H2,1-9H3. The van der Waals surface area contributed by atoms with Gasteiger partial charge in [0.1, 0.15) is 5.75 Å². The van der Waals surface area contributed by atoms with Crippen LogP contribution in [0.15, 0.2) is 34.9 Å². The predicted octanol–water partition coefficient (Wildman–Crippen LogP) is 7.57. The van der Waals surface area contributed by atoms with Crippen LogP contribution in [0.4, 0.5) is 0 Å². The number of aryl methyl sites for hydroxylation is 1. The van der Waals surface area contributed by atoms with Crippen molar-refractivity contribution in [2.75, 3.05) is 0 Å². The predicted molar refractivity (Wildman–Crippen MR) is 131 cm³/mol. The van der Waals surface area contributed by atoms with Gasteiger partial charge in [0.25, 0.3) is 0 Å². The molecule has 2 nitrogen and oxygen atoms in total. The first-order chi connectivity index (χ1) is 14.1. The van der Waals surface area contributed by atoms with Gasteiger partial charge in [-0.2, -0.15) is 0 Å². The number of rotatable bonds is 5. The maximum absolute atomic E-state index is 13.3. The molecule has 0 spiro atoms. The summed E-state index contributed by atoms with van der Waals surface area (Å²) in [6, 6.07) is 4.23. The molecule has 1 aromatic carbocycles. The van der Waals surface area contributed by atoms with Gasteiger partial charge >= 0.3 is 0 Å². The summed E-state index contributed by atoms with van der Waals surface area (Å²) < 4.78 is 0. The third kappa shape index (κ3) is 5.33. The van der Waals surface area contributed by atoms with Gasteiger partial charge in [-0.25, -0.2) is 0 Å². The molecule has 0 unspecified atom stereocenters. The second-order valence-corrected chi connectivity index (χ2v) is 12.8. The van der Waals surface area contributed by atoms with E-state index < -0.39 is 0 Å². The molecule has 1 saturated carbocycles. The van der Waals surface area contributed by atoms with Crippen LogP contribution in [-0.4, -0.2) is 10.9 Å². The van der Waals surface area contributed by atoms with Crippen LogP contribution in [0, 0.1) is 11.3 Å². The third-order valence-electron chi connectivity index (χ3n) is 6.79. The van der Waals surface area contributed by atoms with Crippen molar-refractivity contribution in [1.29, 1.82) is 0 Å². The molecule has 0 saturated heterocycles. The number of benzene rings is 1. The van der Waals surface area contributed by atoms with Gasteiger partial charge in [-0.3, -0.25) is 4.79 Å². The molecule has 170 valence electrons. The van der Waals surface area contributed by atoms with Crippen molar-refractivity contribution in [3.63, 3.8) is 0 Å². The summed E-state index contributed by atoms with van der Waals surface area (Å²) >= 11 is 0. The van der Waals surface area contributed by atoms with Crippen LogP contribution < -0.4 is 0 Å². The van der Waals surface area contributed by atoms with E-state index in [-0.39, 0.29) is 16.2 Å². The number of carbonyl (C=O) groups is 1. The molecule has 1 fully saturated rings. The topological polar surface area (TPSA) is 37.3 Å². The third-order valence-corrected chi connectivity index (χ3v) is 6.79. The highest BCUT2D eigenvalue weighted by atomic mass is 16.3. The van der Waals surface area contributed by atoms with Crippen molar-refractivity contribution >= 4 is 5.78 Å². The lowest BCUT2D eigenvalue weighted by atomic mass is 9.78. The van der Waals surface area contributed by atoms with E-state index in [0.29, 0.717) is 23.9 Å². The average Bonchev–Trinajstić information content (AvgIpc) is 3.35. The van der Waals surface area contributed by atoms with Crippen LogP contribution in [0.3, 0.4) is 0 Å². The number of phenols is 1. The minimum absolute atomic E-state index is 0.113. The van der Waals surface area contributed by atoms with Crippen molar-refractivity contribution in [2.45, 2.75) is 105 Å². The Labute approximate surface area is 189 Å². The van der Waals surface area contributed by atoms with Crippen molar-refractivity contribution in [3.05, 3.63) is 51.6 Å². The maximum Gasteiger partial charge on any atom is 0.159 e. The monoisotopic (exact) mass is 422 g/mol. The number of hydrogen-bond acceptors (Lipinski definition) is 2. The van der Waals surface area contributed by atoms with Gasteiger partial charge in [0.15, 0.2) is 5.78 Å². The normalized spacial score (nSPS) is 17.9. The summed E-state index contributed by atoms with van der Waals surface area (Å²) in [5.41, 5.74) is 6.69. The summed E-state index contributed by atoms with van der Waals surface area (Å²) in [4.78, 5) is 13.3. The summed E-state index contributed by atoms with van der Waals surface area (Å²) in [7, 11) is 0.